The number of nitrogens with zero attached hydrogens (tertiary/aromatic N) is 2. The van der Waals surface area contributed by atoms with E-state index in [0.717, 1.165) is 11.0 Å². The van der Waals surface area contributed by atoms with E-state index in [2.05, 4.69) is 31.3 Å². The maximum atomic E-state index is 10.9. The van der Waals surface area contributed by atoms with Crippen LogP contribution in [-0.2, 0) is 0 Å². The first-order valence-electron chi connectivity index (χ1n) is 3.17. The van der Waals surface area contributed by atoms with Crippen LogP contribution in [0.15, 0.2) is 23.1 Å². The Kier molecular flexibility index (Phi) is 2.09. The molecule has 2 rings (SSSR count). The zero-order chi connectivity index (χ0) is 8.55. The van der Waals surface area contributed by atoms with E-state index in [1.165, 1.54) is 15.2 Å². The predicted octanol–water partition coefficient (Wildman–Crippen LogP) is 1.57. The van der Waals surface area contributed by atoms with Gasteiger partial charge in [0.25, 0.3) is 0 Å². The zero-order valence-electron chi connectivity index (χ0n) is 5.82. The molecule has 0 aliphatic rings. The second kappa shape index (κ2) is 3.09. The van der Waals surface area contributed by atoms with Crippen molar-refractivity contribution in [3.8, 4) is 0 Å². The quantitative estimate of drug-likeness (QED) is 0.812. The second-order valence-corrected chi connectivity index (χ2v) is 3.87. The fourth-order valence-electron chi connectivity index (χ4n) is 0.975. The molecule has 0 aliphatic carbocycles. The van der Waals surface area contributed by atoms with Gasteiger partial charge in [-0.25, -0.2) is 0 Å². The van der Waals surface area contributed by atoms with Gasteiger partial charge in [0.1, 0.15) is 0 Å². The lowest BCUT2D eigenvalue weighted by Gasteiger charge is -1.92. The Morgan fingerprint density at radius 1 is 1.58 bits per heavy atom. The van der Waals surface area contributed by atoms with Gasteiger partial charge in [0.05, 0.1) is 17.2 Å². The SMILES string of the molecule is O=c1ccc2c(cnn2SI)[nH]1. The second-order valence-electron chi connectivity index (χ2n) is 2.21. The summed E-state index contributed by atoms with van der Waals surface area (Å²) in [7, 11) is 1.46. The van der Waals surface area contributed by atoms with E-state index >= 15 is 0 Å². The Labute approximate surface area is 84.1 Å². The minimum Gasteiger partial charge on any atom is -0.319 e. The van der Waals surface area contributed by atoms with E-state index in [4.69, 9.17) is 0 Å². The lowest BCUT2D eigenvalue weighted by atomic mass is 10.4. The molecular formula is C6H4IN3OS. The molecule has 12 heavy (non-hydrogen) atoms. The van der Waals surface area contributed by atoms with Gasteiger partial charge in [0.2, 0.25) is 5.56 Å². The van der Waals surface area contributed by atoms with Crippen LogP contribution in [0.3, 0.4) is 0 Å². The molecule has 0 aromatic carbocycles. The van der Waals surface area contributed by atoms with Crippen molar-refractivity contribution in [3.63, 3.8) is 0 Å². The van der Waals surface area contributed by atoms with Crippen LogP contribution >= 0.6 is 30.3 Å². The standard InChI is InChI=1S/C6H4IN3OS/c7-12-10-5-1-2-6(11)9-4(5)3-8-10/h1-3H,(H,9,11). The van der Waals surface area contributed by atoms with Gasteiger partial charge in [-0.3, -0.25) is 4.79 Å². The van der Waals surface area contributed by atoms with Crippen LogP contribution in [0, 0.1) is 0 Å². The lowest BCUT2D eigenvalue weighted by molar-refractivity contribution is 1.05. The summed E-state index contributed by atoms with van der Waals surface area (Å²) in [5, 5.41) is 4.06. The van der Waals surface area contributed by atoms with Crippen molar-refractivity contribution in [1.29, 1.82) is 0 Å². The van der Waals surface area contributed by atoms with E-state index in [9.17, 15) is 4.79 Å². The summed E-state index contributed by atoms with van der Waals surface area (Å²) in [6, 6.07) is 3.25. The third-order valence-electron chi connectivity index (χ3n) is 1.49. The highest BCUT2D eigenvalue weighted by Crippen LogP contribution is 2.19. The molecule has 0 unspecified atom stereocenters. The lowest BCUT2D eigenvalue weighted by Crippen LogP contribution is -2.01. The third-order valence-corrected chi connectivity index (χ3v) is 3.03. The number of rotatable bonds is 1. The first-order valence-corrected chi connectivity index (χ1v) is 6.49. The van der Waals surface area contributed by atoms with Gasteiger partial charge in [-0.2, -0.15) is 9.19 Å². The highest BCUT2D eigenvalue weighted by atomic mass is 127. The molecule has 2 aromatic rings. The fourth-order valence-corrected chi connectivity index (χ4v) is 2.23. The first-order chi connectivity index (χ1) is 5.81. The average Bonchev–Trinajstić information content (AvgIpc) is 2.46. The van der Waals surface area contributed by atoms with E-state index in [-0.39, 0.29) is 5.56 Å². The molecule has 0 spiro atoms. The van der Waals surface area contributed by atoms with Crippen LogP contribution in [0.5, 0.6) is 0 Å². The predicted molar refractivity (Wildman–Crippen MR) is 57.4 cm³/mol. The van der Waals surface area contributed by atoms with Crippen molar-refractivity contribution in [2.24, 2.45) is 0 Å². The van der Waals surface area contributed by atoms with Crippen LogP contribution in [0.2, 0.25) is 0 Å². The summed E-state index contributed by atoms with van der Waals surface area (Å²) in [5.41, 5.74) is 1.60. The first kappa shape index (κ1) is 8.11. The number of fused-ring (bicyclic) bond motifs is 1. The molecule has 62 valence electrons. The molecule has 0 aliphatic heterocycles. The number of aromatic nitrogens is 3. The number of H-pyrrole nitrogens is 1. The van der Waals surface area contributed by atoms with Crippen molar-refractivity contribution in [3.05, 3.63) is 28.7 Å². The average molecular weight is 293 g/mol. The molecule has 0 saturated carbocycles. The summed E-state index contributed by atoms with van der Waals surface area (Å²) in [6.45, 7) is 0. The molecule has 2 aromatic heterocycles. The van der Waals surface area contributed by atoms with Gasteiger partial charge < -0.3 is 4.98 Å². The summed E-state index contributed by atoms with van der Waals surface area (Å²) in [6.07, 6.45) is 1.64. The van der Waals surface area contributed by atoms with E-state index < -0.39 is 0 Å². The third kappa shape index (κ3) is 1.24. The minimum absolute atomic E-state index is 0.0968. The molecule has 0 atom stereocenters. The Morgan fingerprint density at radius 3 is 3.17 bits per heavy atom. The number of nitrogens with one attached hydrogen (secondary N) is 1. The molecule has 0 fully saturated rings. The van der Waals surface area contributed by atoms with Gasteiger partial charge in [-0.1, -0.05) is 0 Å². The number of hydrogen-bond acceptors (Lipinski definition) is 3. The van der Waals surface area contributed by atoms with Crippen LogP contribution in [0.25, 0.3) is 11.0 Å². The largest absolute Gasteiger partial charge is 0.319 e. The maximum absolute atomic E-state index is 10.9. The Hall–Kier alpha value is -0.500. The zero-order valence-corrected chi connectivity index (χ0v) is 8.79. The van der Waals surface area contributed by atoms with Crippen LogP contribution in [0.1, 0.15) is 0 Å². The van der Waals surface area contributed by atoms with Crippen LogP contribution < -0.4 is 5.56 Å². The highest BCUT2D eigenvalue weighted by molar-refractivity contribution is 14.2. The normalized spacial score (nSPS) is 10.8. The van der Waals surface area contributed by atoms with Crippen molar-refractivity contribution >= 4 is 41.4 Å². The van der Waals surface area contributed by atoms with Gasteiger partial charge in [-0.05, 0) is 6.07 Å². The van der Waals surface area contributed by atoms with Crippen molar-refractivity contribution < 1.29 is 0 Å². The van der Waals surface area contributed by atoms with Crippen molar-refractivity contribution in [2.75, 3.05) is 0 Å². The van der Waals surface area contributed by atoms with Crippen molar-refractivity contribution in [2.45, 2.75) is 0 Å². The highest BCUT2D eigenvalue weighted by Gasteiger charge is 2.01. The molecule has 6 heteroatoms. The summed E-state index contributed by atoms with van der Waals surface area (Å²) >= 11 is 2.13. The molecule has 4 nitrogen and oxygen atoms in total. The Morgan fingerprint density at radius 2 is 2.42 bits per heavy atom. The summed E-state index contributed by atoms with van der Waals surface area (Å²) in [4.78, 5) is 13.6. The summed E-state index contributed by atoms with van der Waals surface area (Å²) < 4.78 is 1.74. The molecule has 0 radical (unpaired) electrons. The molecule has 0 amide bonds. The van der Waals surface area contributed by atoms with Crippen LogP contribution in [0.4, 0.5) is 0 Å². The number of halogens is 1. The van der Waals surface area contributed by atoms with E-state index in [0.29, 0.717) is 0 Å². The topological polar surface area (TPSA) is 50.7 Å². The Balaban J connectivity index is 2.81. The fraction of sp³-hybridized carbons (Fsp3) is 0. The van der Waals surface area contributed by atoms with Crippen molar-refractivity contribution in [1.82, 2.24) is 14.2 Å². The van der Waals surface area contributed by atoms with Gasteiger partial charge in [0.15, 0.2) is 0 Å². The van der Waals surface area contributed by atoms with E-state index in [1.54, 1.807) is 16.4 Å². The Bertz CT molecular complexity index is 463. The number of aromatic amines is 1. The maximum Gasteiger partial charge on any atom is 0.248 e. The molecule has 0 saturated heterocycles. The number of hydrogen-bond donors (Lipinski definition) is 1. The molecule has 2 heterocycles. The smallest absolute Gasteiger partial charge is 0.248 e. The molecule has 0 bridgehead atoms. The van der Waals surface area contributed by atoms with Gasteiger partial charge >= 0.3 is 0 Å². The van der Waals surface area contributed by atoms with Gasteiger partial charge in [-0.15, -0.1) is 0 Å². The number of pyridine rings is 1. The molecule has 1 N–H and O–H groups in total. The summed E-state index contributed by atoms with van der Waals surface area (Å²) in [5.74, 6) is 0. The van der Waals surface area contributed by atoms with E-state index in [1.807, 2.05) is 0 Å². The van der Waals surface area contributed by atoms with Gasteiger partial charge in [0, 0.05) is 36.4 Å². The molecular weight excluding hydrogens is 289 g/mol. The monoisotopic (exact) mass is 293 g/mol. The minimum atomic E-state index is -0.0968. The van der Waals surface area contributed by atoms with Crippen LogP contribution in [-0.4, -0.2) is 14.2 Å².